The fourth-order valence-corrected chi connectivity index (χ4v) is 3.35. The highest BCUT2D eigenvalue weighted by Gasteiger charge is 2.13. The lowest BCUT2D eigenvalue weighted by atomic mass is 10.2. The Hall–Kier alpha value is -2.33. The predicted octanol–water partition coefficient (Wildman–Crippen LogP) is 4.85. The van der Waals surface area contributed by atoms with Gasteiger partial charge in [-0.25, -0.2) is 0 Å². The van der Waals surface area contributed by atoms with Crippen LogP contribution in [0.4, 0.5) is 0 Å². The molecule has 3 nitrogen and oxygen atoms in total. The molecule has 0 amide bonds. The molecule has 0 saturated heterocycles. The first-order valence-corrected chi connectivity index (χ1v) is 8.97. The fraction of sp³-hybridized carbons (Fsp3) is 0.200. The smallest absolute Gasteiger partial charge is 0.312 e. The molecule has 0 aliphatic heterocycles. The van der Waals surface area contributed by atoms with Gasteiger partial charge in [-0.15, -0.1) is 0 Å². The standard InChI is InChI=1S/C20H19NO2S/c1-15(24-14-16-7-3-2-4-8-16)13-19(22)23-18-11-5-9-17-10-6-12-21-20(17)18/h2-12,15H,13-14H2,1H3/t15-/m0/s1. The molecule has 3 rings (SSSR count). The Labute approximate surface area is 146 Å². The summed E-state index contributed by atoms with van der Waals surface area (Å²) >= 11 is 1.76. The van der Waals surface area contributed by atoms with Crippen molar-refractivity contribution in [3.8, 4) is 5.75 Å². The van der Waals surface area contributed by atoms with Gasteiger partial charge >= 0.3 is 5.97 Å². The number of hydrogen-bond acceptors (Lipinski definition) is 4. The van der Waals surface area contributed by atoms with Crippen LogP contribution in [0.5, 0.6) is 5.75 Å². The van der Waals surface area contributed by atoms with Crippen molar-refractivity contribution >= 4 is 28.6 Å². The van der Waals surface area contributed by atoms with E-state index in [2.05, 4.69) is 24.0 Å². The largest absolute Gasteiger partial charge is 0.424 e. The van der Waals surface area contributed by atoms with Crippen molar-refractivity contribution in [3.05, 3.63) is 72.4 Å². The minimum atomic E-state index is -0.221. The lowest BCUT2D eigenvalue weighted by Gasteiger charge is -2.11. The second-order valence-corrected chi connectivity index (χ2v) is 7.04. The summed E-state index contributed by atoms with van der Waals surface area (Å²) in [6.45, 7) is 2.05. The van der Waals surface area contributed by atoms with Crippen molar-refractivity contribution in [2.75, 3.05) is 0 Å². The van der Waals surface area contributed by atoms with Crippen LogP contribution in [0, 0.1) is 0 Å². The van der Waals surface area contributed by atoms with Gasteiger partial charge in [-0.05, 0) is 17.7 Å². The van der Waals surface area contributed by atoms with Gasteiger partial charge in [0, 0.05) is 22.6 Å². The topological polar surface area (TPSA) is 39.2 Å². The summed E-state index contributed by atoms with van der Waals surface area (Å²) in [4.78, 5) is 16.5. The first-order chi connectivity index (χ1) is 11.7. The third-order valence-electron chi connectivity index (χ3n) is 3.65. The van der Waals surface area contributed by atoms with Crippen LogP contribution in [0.2, 0.25) is 0 Å². The third-order valence-corrected chi connectivity index (χ3v) is 4.89. The van der Waals surface area contributed by atoms with E-state index in [-0.39, 0.29) is 11.2 Å². The van der Waals surface area contributed by atoms with E-state index in [1.54, 1.807) is 24.0 Å². The van der Waals surface area contributed by atoms with Gasteiger partial charge in [0.15, 0.2) is 5.75 Å². The van der Waals surface area contributed by atoms with Crippen molar-refractivity contribution < 1.29 is 9.53 Å². The molecule has 0 unspecified atom stereocenters. The second kappa shape index (κ2) is 7.97. The van der Waals surface area contributed by atoms with Crippen LogP contribution in [-0.4, -0.2) is 16.2 Å². The molecular weight excluding hydrogens is 318 g/mol. The predicted molar refractivity (Wildman–Crippen MR) is 99.2 cm³/mol. The van der Waals surface area contributed by atoms with E-state index >= 15 is 0 Å². The van der Waals surface area contributed by atoms with Crippen molar-refractivity contribution in [1.82, 2.24) is 4.98 Å². The second-order valence-electron chi connectivity index (χ2n) is 5.62. The number of nitrogens with zero attached hydrogens (tertiary/aromatic N) is 1. The normalized spacial score (nSPS) is 12.0. The Morgan fingerprint density at radius 2 is 1.88 bits per heavy atom. The highest BCUT2D eigenvalue weighted by molar-refractivity contribution is 7.99. The molecule has 0 bridgehead atoms. The van der Waals surface area contributed by atoms with Gasteiger partial charge in [0.05, 0.1) is 6.42 Å². The molecule has 4 heteroatoms. The molecule has 1 atom stereocenters. The van der Waals surface area contributed by atoms with Crippen molar-refractivity contribution in [1.29, 1.82) is 0 Å². The highest BCUT2D eigenvalue weighted by atomic mass is 32.2. The Morgan fingerprint density at radius 1 is 1.08 bits per heavy atom. The minimum absolute atomic E-state index is 0.195. The maximum Gasteiger partial charge on any atom is 0.312 e. The van der Waals surface area contributed by atoms with Crippen LogP contribution in [0.3, 0.4) is 0 Å². The number of thioether (sulfide) groups is 1. The average molecular weight is 337 g/mol. The van der Waals surface area contributed by atoms with E-state index in [1.807, 2.05) is 42.5 Å². The van der Waals surface area contributed by atoms with E-state index in [4.69, 9.17) is 4.74 Å². The van der Waals surface area contributed by atoms with Gasteiger partial charge in [-0.2, -0.15) is 11.8 Å². The van der Waals surface area contributed by atoms with Crippen LogP contribution in [0.25, 0.3) is 10.9 Å². The van der Waals surface area contributed by atoms with Gasteiger partial charge in [0.25, 0.3) is 0 Å². The number of carbonyl (C=O) groups excluding carboxylic acids is 1. The molecular formula is C20H19NO2S. The van der Waals surface area contributed by atoms with Crippen LogP contribution in [0.1, 0.15) is 18.9 Å². The SMILES string of the molecule is C[C@@H](CC(=O)Oc1cccc2cccnc12)SCc1ccccc1. The van der Waals surface area contributed by atoms with E-state index in [0.29, 0.717) is 12.2 Å². The molecule has 0 radical (unpaired) electrons. The first kappa shape index (κ1) is 16.5. The summed E-state index contributed by atoms with van der Waals surface area (Å²) in [5, 5.41) is 1.16. The molecule has 0 aliphatic carbocycles. The summed E-state index contributed by atoms with van der Waals surface area (Å²) < 4.78 is 5.54. The number of rotatable bonds is 6. The number of aromatic nitrogens is 1. The van der Waals surface area contributed by atoms with Crippen LogP contribution < -0.4 is 4.74 Å². The van der Waals surface area contributed by atoms with E-state index in [1.165, 1.54) is 5.56 Å². The summed E-state index contributed by atoms with van der Waals surface area (Å²) in [7, 11) is 0. The number of para-hydroxylation sites is 1. The van der Waals surface area contributed by atoms with Crippen LogP contribution in [0.15, 0.2) is 66.9 Å². The Balaban J connectivity index is 1.56. The van der Waals surface area contributed by atoms with Crippen LogP contribution >= 0.6 is 11.8 Å². The maximum absolute atomic E-state index is 12.2. The number of esters is 1. The molecule has 0 aliphatic rings. The molecule has 0 spiro atoms. The molecule has 1 heterocycles. The summed E-state index contributed by atoms with van der Waals surface area (Å²) in [6, 6.07) is 19.7. The Kier molecular flexibility index (Phi) is 5.49. The zero-order chi connectivity index (χ0) is 16.8. The molecule has 122 valence electrons. The number of pyridine rings is 1. The fourth-order valence-electron chi connectivity index (χ4n) is 2.43. The molecule has 0 fully saturated rings. The zero-order valence-electron chi connectivity index (χ0n) is 13.5. The van der Waals surface area contributed by atoms with Crippen molar-refractivity contribution in [3.63, 3.8) is 0 Å². The maximum atomic E-state index is 12.2. The lowest BCUT2D eigenvalue weighted by Crippen LogP contribution is -2.14. The number of ether oxygens (including phenoxy) is 1. The van der Waals surface area contributed by atoms with Gasteiger partial charge in [-0.1, -0.05) is 55.5 Å². The molecule has 0 N–H and O–H groups in total. The van der Waals surface area contributed by atoms with Gasteiger partial charge < -0.3 is 4.74 Å². The molecule has 1 aromatic heterocycles. The summed E-state index contributed by atoms with van der Waals surface area (Å²) in [5.41, 5.74) is 1.99. The number of fused-ring (bicyclic) bond motifs is 1. The number of hydrogen-bond donors (Lipinski definition) is 0. The van der Waals surface area contributed by atoms with Gasteiger partial charge in [-0.3, -0.25) is 9.78 Å². The summed E-state index contributed by atoms with van der Waals surface area (Å²) in [5.74, 6) is 1.20. The summed E-state index contributed by atoms with van der Waals surface area (Å²) in [6.07, 6.45) is 2.08. The monoisotopic (exact) mass is 337 g/mol. The van der Waals surface area contributed by atoms with E-state index in [0.717, 1.165) is 16.7 Å². The minimum Gasteiger partial charge on any atom is -0.424 e. The molecule has 24 heavy (non-hydrogen) atoms. The van der Waals surface area contributed by atoms with Crippen LogP contribution in [-0.2, 0) is 10.5 Å². The lowest BCUT2D eigenvalue weighted by molar-refractivity contribution is -0.134. The molecule has 3 aromatic rings. The average Bonchev–Trinajstić information content (AvgIpc) is 2.61. The molecule has 2 aromatic carbocycles. The van der Waals surface area contributed by atoms with Gasteiger partial charge in [0.2, 0.25) is 0 Å². The highest BCUT2D eigenvalue weighted by Crippen LogP contribution is 2.25. The number of carbonyl (C=O) groups is 1. The third kappa shape index (κ3) is 4.36. The first-order valence-electron chi connectivity index (χ1n) is 7.92. The zero-order valence-corrected chi connectivity index (χ0v) is 14.3. The Morgan fingerprint density at radius 3 is 2.71 bits per heavy atom. The quantitative estimate of drug-likeness (QED) is 0.476. The van der Waals surface area contributed by atoms with Crippen molar-refractivity contribution in [2.45, 2.75) is 24.3 Å². The number of benzene rings is 2. The van der Waals surface area contributed by atoms with E-state index < -0.39 is 0 Å². The Bertz CT molecular complexity index is 815. The van der Waals surface area contributed by atoms with Crippen molar-refractivity contribution in [2.24, 2.45) is 0 Å². The van der Waals surface area contributed by atoms with Gasteiger partial charge in [0.1, 0.15) is 5.52 Å². The molecule has 0 saturated carbocycles. The van der Waals surface area contributed by atoms with E-state index in [9.17, 15) is 4.79 Å².